The van der Waals surface area contributed by atoms with Crippen LogP contribution >= 0.6 is 27.3 Å². The van der Waals surface area contributed by atoms with Crippen molar-refractivity contribution < 1.29 is 9.59 Å². The Morgan fingerprint density at radius 1 is 0.969 bits per heavy atom. The van der Waals surface area contributed by atoms with Gasteiger partial charge in [-0.2, -0.15) is 0 Å². The van der Waals surface area contributed by atoms with E-state index in [2.05, 4.69) is 34.2 Å². The van der Waals surface area contributed by atoms with Gasteiger partial charge in [-0.25, -0.2) is 4.79 Å². The molecule has 0 radical (unpaired) electrons. The molecule has 0 bridgehead atoms. The first-order chi connectivity index (χ1) is 15.5. The molecule has 168 valence electrons. The van der Waals surface area contributed by atoms with Crippen molar-refractivity contribution in [2.45, 2.75) is 33.4 Å². The largest absolute Gasteiger partial charge is 0.332 e. The van der Waals surface area contributed by atoms with Gasteiger partial charge in [-0.05, 0) is 60.2 Å². The lowest BCUT2D eigenvalue weighted by atomic mass is 10.2. The van der Waals surface area contributed by atoms with Gasteiger partial charge in [0, 0.05) is 28.1 Å². The van der Waals surface area contributed by atoms with E-state index in [-0.39, 0.29) is 18.5 Å². The summed E-state index contributed by atoms with van der Waals surface area (Å²) in [6.07, 6.45) is 0.768. The lowest BCUT2D eigenvalue weighted by Gasteiger charge is -2.28. The monoisotopic (exact) mass is 513 g/mol. The van der Waals surface area contributed by atoms with Crippen molar-refractivity contribution in [2.75, 3.05) is 18.4 Å². The summed E-state index contributed by atoms with van der Waals surface area (Å²) < 4.78 is 0.941. The minimum Gasteiger partial charge on any atom is -0.332 e. The van der Waals surface area contributed by atoms with Crippen molar-refractivity contribution in [3.63, 3.8) is 0 Å². The van der Waals surface area contributed by atoms with E-state index in [0.717, 1.165) is 21.3 Å². The highest BCUT2D eigenvalue weighted by molar-refractivity contribution is 9.10. The summed E-state index contributed by atoms with van der Waals surface area (Å²) in [7, 11) is 0. The fourth-order valence-corrected chi connectivity index (χ4v) is 4.48. The molecule has 0 spiro atoms. The summed E-state index contributed by atoms with van der Waals surface area (Å²) in [5, 5.41) is 4.95. The molecule has 0 saturated carbocycles. The molecule has 1 aromatic heterocycles. The molecule has 0 unspecified atom stereocenters. The van der Waals surface area contributed by atoms with E-state index in [9.17, 15) is 9.59 Å². The summed E-state index contributed by atoms with van der Waals surface area (Å²) in [4.78, 5) is 30.9. The van der Waals surface area contributed by atoms with Crippen LogP contribution in [0.1, 0.15) is 29.3 Å². The maximum Gasteiger partial charge on any atom is 0.322 e. The summed E-state index contributed by atoms with van der Waals surface area (Å²) in [5.41, 5.74) is 2.94. The average molecular weight is 514 g/mol. The first-order valence-electron chi connectivity index (χ1n) is 10.6. The Morgan fingerprint density at radius 2 is 1.69 bits per heavy atom. The molecule has 0 aliphatic carbocycles. The van der Waals surface area contributed by atoms with Gasteiger partial charge in [0.1, 0.15) is 6.54 Å². The van der Waals surface area contributed by atoms with Gasteiger partial charge >= 0.3 is 6.03 Å². The standard InChI is InChI=1S/C25H28BrN3O2S/c1-3-14-28(25(31)27-22-11-9-21(26)10-12-22)18-24(30)29(16-20-7-5-4-6-8-20)17-23-19(2)13-15-32-23/h4-13,15H,3,14,16-18H2,1-2H3,(H,27,31). The number of carbonyl (C=O) groups excluding carboxylic acids is 2. The highest BCUT2D eigenvalue weighted by Gasteiger charge is 2.22. The number of urea groups is 1. The third-order valence-corrected chi connectivity index (χ3v) is 6.61. The van der Waals surface area contributed by atoms with Crippen molar-refractivity contribution in [3.8, 4) is 0 Å². The molecule has 5 nitrogen and oxygen atoms in total. The lowest BCUT2D eigenvalue weighted by molar-refractivity contribution is -0.133. The van der Waals surface area contributed by atoms with Crippen LogP contribution in [-0.2, 0) is 17.9 Å². The molecule has 1 N–H and O–H groups in total. The molecule has 1 heterocycles. The van der Waals surface area contributed by atoms with Gasteiger partial charge in [0.15, 0.2) is 0 Å². The predicted octanol–water partition coefficient (Wildman–Crippen LogP) is 6.29. The number of carbonyl (C=O) groups is 2. The molecule has 2 aromatic carbocycles. The van der Waals surface area contributed by atoms with Gasteiger partial charge in [-0.1, -0.05) is 53.2 Å². The van der Waals surface area contributed by atoms with E-state index >= 15 is 0 Å². The van der Waals surface area contributed by atoms with E-state index in [4.69, 9.17) is 0 Å². The number of hydrogen-bond acceptors (Lipinski definition) is 3. The summed E-state index contributed by atoms with van der Waals surface area (Å²) >= 11 is 5.05. The Labute approximate surface area is 202 Å². The highest BCUT2D eigenvalue weighted by atomic mass is 79.9. The van der Waals surface area contributed by atoms with Crippen LogP contribution in [0.5, 0.6) is 0 Å². The Hall–Kier alpha value is -2.64. The zero-order chi connectivity index (χ0) is 22.9. The zero-order valence-electron chi connectivity index (χ0n) is 18.4. The van der Waals surface area contributed by atoms with Gasteiger partial charge in [-0.3, -0.25) is 4.79 Å². The van der Waals surface area contributed by atoms with Crippen LogP contribution in [0.3, 0.4) is 0 Å². The van der Waals surface area contributed by atoms with Crippen LogP contribution in [-0.4, -0.2) is 34.8 Å². The Balaban J connectivity index is 1.73. The van der Waals surface area contributed by atoms with Crippen LogP contribution in [0.25, 0.3) is 0 Å². The molecular weight excluding hydrogens is 486 g/mol. The van der Waals surface area contributed by atoms with Crippen LogP contribution in [0.4, 0.5) is 10.5 Å². The second-order valence-corrected chi connectivity index (χ2v) is 9.54. The normalized spacial score (nSPS) is 10.6. The van der Waals surface area contributed by atoms with Gasteiger partial charge in [0.05, 0.1) is 6.54 Å². The van der Waals surface area contributed by atoms with Gasteiger partial charge < -0.3 is 15.1 Å². The third kappa shape index (κ3) is 6.93. The van der Waals surface area contributed by atoms with Gasteiger partial charge in [0.25, 0.3) is 0 Å². The number of aryl methyl sites for hydroxylation is 1. The minimum absolute atomic E-state index is 0.0352. The summed E-state index contributed by atoms with van der Waals surface area (Å²) in [6, 6.07) is 19.2. The number of rotatable bonds is 9. The lowest BCUT2D eigenvalue weighted by Crippen LogP contribution is -2.44. The minimum atomic E-state index is -0.269. The van der Waals surface area contributed by atoms with Crippen LogP contribution in [0.2, 0.25) is 0 Å². The van der Waals surface area contributed by atoms with Crippen molar-refractivity contribution in [2.24, 2.45) is 0 Å². The second-order valence-electron chi connectivity index (χ2n) is 7.62. The molecule has 3 amide bonds. The van der Waals surface area contributed by atoms with E-state index < -0.39 is 0 Å². The van der Waals surface area contributed by atoms with Crippen LogP contribution in [0, 0.1) is 6.92 Å². The molecule has 0 fully saturated rings. The first-order valence-corrected chi connectivity index (χ1v) is 12.3. The topological polar surface area (TPSA) is 52.7 Å². The van der Waals surface area contributed by atoms with E-state index in [1.165, 1.54) is 5.56 Å². The Kier molecular flexibility index (Phi) is 8.88. The van der Waals surface area contributed by atoms with Gasteiger partial charge in [0.2, 0.25) is 5.91 Å². The van der Waals surface area contributed by atoms with Crippen LogP contribution in [0.15, 0.2) is 70.5 Å². The number of amides is 3. The average Bonchev–Trinajstić information content (AvgIpc) is 3.19. The van der Waals surface area contributed by atoms with Crippen molar-refractivity contribution in [1.29, 1.82) is 0 Å². The fraction of sp³-hybridized carbons (Fsp3) is 0.280. The fourth-order valence-electron chi connectivity index (χ4n) is 3.30. The summed E-state index contributed by atoms with van der Waals surface area (Å²) in [5.74, 6) is -0.0685. The number of nitrogens with zero attached hydrogens (tertiary/aromatic N) is 2. The Morgan fingerprint density at radius 3 is 2.31 bits per heavy atom. The van der Waals surface area contributed by atoms with Crippen molar-refractivity contribution >= 4 is 44.9 Å². The highest BCUT2D eigenvalue weighted by Crippen LogP contribution is 2.20. The third-order valence-electron chi connectivity index (χ3n) is 5.07. The molecule has 3 rings (SSSR count). The van der Waals surface area contributed by atoms with Crippen LogP contribution < -0.4 is 5.32 Å². The number of halogens is 1. The van der Waals surface area contributed by atoms with Gasteiger partial charge in [-0.15, -0.1) is 11.3 Å². The molecule has 3 aromatic rings. The molecule has 0 atom stereocenters. The number of thiophene rings is 1. The SMILES string of the molecule is CCCN(CC(=O)N(Cc1ccccc1)Cc1sccc1C)C(=O)Nc1ccc(Br)cc1. The smallest absolute Gasteiger partial charge is 0.322 e. The molecule has 0 aliphatic heterocycles. The first kappa shape index (κ1) is 24.0. The van der Waals surface area contributed by atoms with E-state index in [1.807, 2.05) is 71.8 Å². The zero-order valence-corrected chi connectivity index (χ0v) is 20.8. The molecule has 0 saturated heterocycles. The van der Waals surface area contributed by atoms with Crippen molar-refractivity contribution in [1.82, 2.24) is 9.80 Å². The number of benzene rings is 2. The second kappa shape index (κ2) is 11.8. The predicted molar refractivity (Wildman–Crippen MR) is 135 cm³/mol. The van der Waals surface area contributed by atoms with E-state index in [0.29, 0.717) is 25.3 Å². The van der Waals surface area contributed by atoms with Crippen molar-refractivity contribution in [3.05, 3.63) is 86.5 Å². The Bertz CT molecular complexity index is 1020. The molecule has 7 heteroatoms. The summed E-state index contributed by atoms with van der Waals surface area (Å²) in [6.45, 7) is 5.64. The molecule has 32 heavy (non-hydrogen) atoms. The van der Waals surface area contributed by atoms with E-state index in [1.54, 1.807) is 16.2 Å². The quantitative estimate of drug-likeness (QED) is 0.365. The maximum atomic E-state index is 13.4. The molecule has 0 aliphatic rings. The number of nitrogens with one attached hydrogen (secondary N) is 1. The number of anilines is 1. The maximum absolute atomic E-state index is 13.4. The molecular formula is C25H28BrN3O2S. The number of hydrogen-bond donors (Lipinski definition) is 1.